The topological polar surface area (TPSA) is 55.9 Å². The Balaban J connectivity index is 2.20. The number of rotatable bonds is 4. The van der Waals surface area contributed by atoms with Gasteiger partial charge >= 0.3 is 0 Å². The summed E-state index contributed by atoms with van der Waals surface area (Å²) in [5.74, 6) is 0. The molecule has 0 bridgehead atoms. The molecule has 0 spiro atoms. The summed E-state index contributed by atoms with van der Waals surface area (Å²) in [5, 5.41) is 4.12. The second kappa shape index (κ2) is 5.42. The first kappa shape index (κ1) is 12.9. The molecule has 0 aliphatic rings. The van der Waals surface area contributed by atoms with Gasteiger partial charge in [-0.25, -0.2) is 4.98 Å². The van der Waals surface area contributed by atoms with Gasteiger partial charge in [-0.15, -0.1) is 0 Å². The van der Waals surface area contributed by atoms with Crippen LogP contribution in [0.1, 0.15) is 17.3 Å². The molecule has 0 amide bonds. The molecule has 1 unspecified atom stereocenters. The number of hydrogen-bond donors (Lipinski definition) is 2. The summed E-state index contributed by atoms with van der Waals surface area (Å²) >= 11 is 6.11. The van der Waals surface area contributed by atoms with Crippen LogP contribution >= 0.6 is 11.6 Å². The first-order chi connectivity index (χ1) is 8.61. The Bertz CT molecular complexity index is 536. The van der Waals surface area contributed by atoms with Gasteiger partial charge in [-0.1, -0.05) is 17.7 Å². The summed E-state index contributed by atoms with van der Waals surface area (Å²) in [6.07, 6.45) is 3.59. The average molecular weight is 265 g/mol. The predicted octanol–water partition coefficient (Wildman–Crippen LogP) is 2.49. The number of aromatic nitrogens is 2. The summed E-state index contributed by atoms with van der Waals surface area (Å²) in [6.45, 7) is 2.47. The van der Waals surface area contributed by atoms with Crippen molar-refractivity contribution in [2.75, 3.05) is 11.9 Å². The molecule has 1 aromatic heterocycles. The predicted molar refractivity (Wildman–Crippen MR) is 74.8 cm³/mol. The monoisotopic (exact) mass is 264 g/mol. The summed E-state index contributed by atoms with van der Waals surface area (Å²) in [5.41, 5.74) is 8.88. The van der Waals surface area contributed by atoms with E-state index in [1.54, 1.807) is 6.33 Å². The third kappa shape index (κ3) is 2.66. The lowest BCUT2D eigenvalue weighted by Gasteiger charge is -2.19. The van der Waals surface area contributed by atoms with E-state index in [0.717, 1.165) is 22.0 Å². The van der Waals surface area contributed by atoms with Crippen LogP contribution in [0.3, 0.4) is 0 Å². The highest BCUT2D eigenvalue weighted by Crippen LogP contribution is 2.23. The zero-order valence-electron chi connectivity index (χ0n) is 10.5. The Morgan fingerprint density at radius 1 is 1.50 bits per heavy atom. The van der Waals surface area contributed by atoms with Crippen LogP contribution < -0.4 is 11.1 Å². The molecule has 2 aromatic rings. The number of anilines is 1. The lowest BCUT2D eigenvalue weighted by molar-refractivity contribution is 0.706. The molecule has 0 saturated carbocycles. The van der Waals surface area contributed by atoms with Crippen molar-refractivity contribution in [3.05, 3.63) is 47.0 Å². The van der Waals surface area contributed by atoms with Crippen molar-refractivity contribution >= 4 is 17.3 Å². The van der Waals surface area contributed by atoms with Crippen LogP contribution in [0, 0.1) is 6.92 Å². The summed E-state index contributed by atoms with van der Waals surface area (Å²) in [4.78, 5) is 4.11. The summed E-state index contributed by atoms with van der Waals surface area (Å²) in [7, 11) is 1.95. The molecule has 0 radical (unpaired) electrons. The van der Waals surface area contributed by atoms with E-state index in [0.29, 0.717) is 6.54 Å². The molecule has 1 aromatic carbocycles. The van der Waals surface area contributed by atoms with Crippen LogP contribution in [0.15, 0.2) is 30.7 Å². The molecule has 0 saturated heterocycles. The van der Waals surface area contributed by atoms with Crippen molar-refractivity contribution in [1.29, 1.82) is 0 Å². The van der Waals surface area contributed by atoms with Gasteiger partial charge in [0.05, 0.1) is 24.3 Å². The van der Waals surface area contributed by atoms with Crippen LogP contribution in [0.5, 0.6) is 0 Å². The van der Waals surface area contributed by atoms with Crippen LogP contribution in [-0.2, 0) is 7.05 Å². The number of nitrogens with one attached hydrogen (secondary N) is 1. The number of imidazole rings is 1. The molecule has 0 fully saturated rings. The van der Waals surface area contributed by atoms with E-state index < -0.39 is 0 Å². The normalized spacial score (nSPS) is 12.4. The van der Waals surface area contributed by atoms with Crippen LogP contribution in [0.2, 0.25) is 5.02 Å². The molecule has 4 nitrogen and oxygen atoms in total. The molecule has 2 rings (SSSR count). The first-order valence-electron chi connectivity index (χ1n) is 5.80. The fourth-order valence-electron chi connectivity index (χ4n) is 1.84. The highest BCUT2D eigenvalue weighted by atomic mass is 35.5. The van der Waals surface area contributed by atoms with Gasteiger partial charge in [0.1, 0.15) is 0 Å². The van der Waals surface area contributed by atoms with E-state index in [1.807, 2.05) is 42.9 Å². The van der Waals surface area contributed by atoms with E-state index in [2.05, 4.69) is 10.3 Å². The molecule has 96 valence electrons. The molecule has 5 heteroatoms. The Morgan fingerprint density at radius 2 is 2.28 bits per heavy atom. The van der Waals surface area contributed by atoms with Crippen LogP contribution in [-0.4, -0.2) is 16.1 Å². The van der Waals surface area contributed by atoms with Gasteiger partial charge in [-0.3, -0.25) is 0 Å². The summed E-state index contributed by atoms with van der Waals surface area (Å²) in [6, 6.07) is 5.92. The van der Waals surface area contributed by atoms with Crippen molar-refractivity contribution in [1.82, 2.24) is 9.55 Å². The Morgan fingerprint density at radius 3 is 2.83 bits per heavy atom. The number of halogens is 1. The Labute approximate surface area is 112 Å². The van der Waals surface area contributed by atoms with Crippen molar-refractivity contribution in [3.63, 3.8) is 0 Å². The second-order valence-corrected chi connectivity index (χ2v) is 4.73. The number of nitrogens with two attached hydrogens (primary N) is 1. The largest absolute Gasteiger partial charge is 0.375 e. The highest BCUT2D eigenvalue weighted by Gasteiger charge is 2.13. The molecule has 1 heterocycles. The summed E-state index contributed by atoms with van der Waals surface area (Å²) < 4.78 is 1.96. The second-order valence-electron chi connectivity index (χ2n) is 4.33. The van der Waals surface area contributed by atoms with Crippen molar-refractivity contribution in [2.45, 2.75) is 13.0 Å². The maximum absolute atomic E-state index is 6.11. The lowest BCUT2D eigenvalue weighted by atomic mass is 10.1. The van der Waals surface area contributed by atoms with Gasteiger partial charge in [0, 0.05) is 24.3 Å². The minimum atomic E-state index is 0.0243. The van der Waals surface area contributed by atoms with Gasteiger partial charge in [-0.05, 0) is 24.6 Å². The first-order valence-corrected chi connectivity index (χ1v) is 6.18. The van der Waals surface area contributed by atoms with E-state index in [1.165, 1.54) is 0 Å². The van der Waals surface area contributed by atoms with Crippen LogP contribution in [0.25, 0.3) is 0 Å². The lowest BCUT2D eigenvalue weighted by Crippen LogP contribution is -2.22. The van der Waals surface area contributed by atoms with Crippen molar-refractivity contribution in [3.8, 4) is 0 Å². The zero-order chi connectivity index (χ0) is 13.1. The van der Waals surface area contributed by atoms with Gasteiger partial charge in [0.2, 0.25) is 0 Å². The standard InChI is InChI=1S/C13H17ClN4/c1-9-3-4-10(5-11(9)14)17-12(6-15)13-7-16-8-18(13)2/h3-5,7-8,12,17H,6,15H2,1-2H3. The molecule has 18 heavy (non-hydrogen) atoms. The number of nitrogens with zero attached hydrogens (tertiary/aromatic N) is 2. The Kier molecular flexibility index (Phi) is 3.89. The highest BCUT2D eigenvalue weighted by molar-refractivity contribution is 6.31. The van der Waals surface area contributed by atoms with Gasteiger partial charge < -0.3 is 15.6 Å². The zero-order valence-corrected chi connectivity index (χ0v) is 11.3. The minimum absolute atomic E-state index is 0.0243. The van der Waals surface area contributed by atoms with E-state index >= 15 is 0 Å². The maximum Gasteiger partial charge on any atom is 0.0946 e. The maximum atomic E-state index is 6.11. The van der Waals surface area contributed by atoms with Gasteiger partial charge in [0.25, 0.3) is 0 Å². The van der Waals surface area contributed by atoms with E-state index in [-0.39, 0.29) is 6.04 Å². The quantitative estimate of drug-likeness (QED) is 0.892. The van der Waals surface area contributed by atoms with E-state index in [4.69, 9.17) is 17.3 Å². The molecule has 1 atom stereocenters. The van der Waals surface area contributed by atoms with Gasteiger partial charge in [0.15, 0.2) is 0 Å². The fraction of sp³-hybridized carbons (Fsp3) is 0.308. The minimum Gasteiger partial charge on any atom is -0.375 e. The number of aryl methyl sites for hydroxylation is 2. The fourth-order valence-corrected chi connectivity index (χ4v) is 2.02. The van der Waals surface area contributed by atoms with Crippen molar-refractivity contribution < 1.29 is 0 Å². The number of benzene rings is 1. The molecular weight excluding hydrogens is 248 g/mol. The Hall–Kier alpha value is -1.52. The number of hydrogen-bond acceptors (Lipinski definition) is 3. The van der Waals surface area contributed by atoms with Crippen LogP contribution in [0.4, 0.5) is 5.69 Å². The van der Waals surface area contributed by atoms with E-state index in [9.17, 15) is 0 Å². The third-order valence-electron chi connectivity index (χ3n) is 2.96. The van der Waals surface area contributed by atoms with Gasteiger partial charge in [-0.2, -0.15) is 0 Å². The van der Waals surface area contributed by atoms with Crippen molar-refractivity contribution in [2.24, 2.45) is 12.8 Å². The smallest absolute Gasteiger partial charge is 0.0946 e. The molecule has 3 N–H and O–H groups in total. The third-order valence-corrected chi connectivity index (χ3v) is 3.37. The molecule has 0 aliphatic heterocycles. The molecule has 0 aliphatic carbocycles. The SMILES string of the molecule is Cc1ccc(NC(CN)c2cncn2C)cc1Cl. The molecular formula is C13H17ClN4. The average Bonchev–Trinajstić information content (AvgIpc) is 2.77.